The van der Waals surface area contributed by atoms with Crippen molar-refractivity contribution in [2.75, 3.05) is 0 Å². The molecule has 0 fully saturated rings. The summed E-state index contributed by atoms with van der Waals surface area (Å²) in [4.78, 5) is 1.83. The van der Waals surface area contributed by atoms with Crippen LogP contribution in [-0.2, 0) is 12.4 Å². The fraction of sp³-hybridized carbons (Fsp3) is 0.143. The van der Waals surface area contributed by atoms with Gasteiger partial charge in [-0.3, -0.25) is 0 Å². The van der Waals surface area contributed by atoms with Gasteiger partial charge in [0.05, 0.1) is 11.1 Å². The van der Waals surface area contributed by atoms with Gasteiger partial charge >= 0.3 is 12.4 Å². The van der Waals surface area contributed by atoms with Crippen LogP contribution in [0.1, 0.15) is 11.1 Å². The molecule has 0 unspecified atom stereocenters. The molecule has 0 nitrogen and oxygen atoms in total. The van der Waals surface area contributed by atoms with Crippen LogP contribution in [0.3, 0.4) is 0 Å². The molecule has 2 aromatic rings. The van der Waals surface area contributed by atoms with Crippen LogP contribution in [0.15, 0.2) is 56.0 Å². The van der Waals surface area contributed by atoms with E-state index in [0.29, 0.717) is 19.6 Å². The lowest BCUT2D eigenvalue weighted by Gasteiger charge is -2.20. The van der Waals surface area contributed by atoms with Crippen molar-refractivity contribution in [1.82, 2.24) is 0 Å². The van der Waals surface area contributed by atoms with Crippen LogP contribution in [0.4, 0.5) is 26.3 Å². The molecule has 116 valence electrons. The second-order valence-corrected chi connectivity index (χ2v) is 6.69. The maximum Gasteiger partial charge on any atom is 0.416 e. The summed E-state index contributed by atoms with van der Waals surface area (Å²) in [7, 11) is 0. The number of alkyl halides is 6. The van der Waals surface area contributed by atoms with E-state index in [-0.39, 0.29) is 0 Å². The molecule has 0 aliphatic carbocycles. The zero-order valence-corrected chi connectivity index (χ0v) is 12.2. The Morgan fingerprint density at radius 1 is 0.545 bits per heavy atom. The van der Waals surface area contributed by atoms with Crippen molar-refractivity contribution in [1.29, 1.82) is 0 Å². The SMILES string of the molecule is FC(F)(F)c1ccc2c(c1)Sc1ccc(C(F)(F)F)cc1S2. The van der Waals surface area contributed by atoms with Gasteiger partial charge in [-0.05, 0) is 36.4 Å². The minimum absolute atomic E-state index is 0.395. The quantitative estimate of drug-likeness (QED) is 0.433. The first-order chi connectivity index (χ1) is 10.1. The van der Waals surface area contributed by atoms with Gasteiger partial charge in [-0.25, -0.2) is 0 Å². The highest BCUT2D eigenvalue weighted by Gasteiger charge is 2.34. The molecule has 1 heterocycles. The van der Waals surface area contributed by atoms with Crippen LogP contribution < -0.4 is 0 Å². The molecule has 0 N–H and O–H groups in total. The third-order valence-corrected chi connectivity index (χ3v) is 5.51. The van der Waals surface area contributed by atoms with Gasteiger partial charge in [0.15, 0.2) is 0 Å². The second-order valence-electron chi connectivity index (χ2n) is 4.52. The summed E-state index contributed by atoms with van der Waals surface area (Å²) < 4.78 is 76.2. The van der Waals surface area contributed by atoms with E-state index in [0.717, 1.165) is 47.8 Å². The number of fused-ring (bicyclic) bond motifs is 2. The Labute approximate surface area is 129 Å². The lowest BCUT2D eigenvalue weighted by Crippen LogP contribution is -2.06. The first-order valence-corrected chi connectivity index (χ1v) is 7.56. The molecule has 1 aliphatic heterocycles. The molecule has 22 heavy (non-hydrogen) atoms. The number of halogens is 6. The summed E-state index contributed by atoms with van der Waals surface area (Å²) >= 11 is 2.09. The van der Waals surface area contributed by atoms with E-state index in [2.05, 4.69) is 0 Å². The fourth-order valence-electron chi connectivity index (χ4n) is 1.93. The Bertz CT molecular complexity index is 670. The molecule has 0 aromatic heterocycles. The molecular formula is C14H6F6S2. The Morgan fingerprint density at radius 2 is 0.909 bits per heavy atom. The van der Waals surface area contributed by atoms with Crippen molar-refractivity contribution in [3.05, 3.63) is 47.5 Å². The van der Waals surface area contributed by atoms with E-state index < -0.39 is 23.5 Å². The van der Waals surface area contributed by atoms with Crippen LogP contribution in [0.5, 0.6) is 0 Å². The first-order valence-electron chi connectivity index (χ1n) is 5.93. The van der Waals surface area contributed by atoms with Crippen LogP contribution in [0.25, 0.3) is 0 Å². The van der Waals surface area contributed by atoms with E-state index in [1.54, 1.807) is 0 Å². The zero-order valence-electron chi connectivity index (χ0n) is 10.5. The molecule has 8 heteroatoms. The van der Waals surface area contributed by atoms with Crippen LogP contribution in [0.2, 0.25) is 0 Å². The van der Waals surface area contributed by atoms with Crippen LogP contribution >= 0.6 is 23.5 Å². The Balaban J connectivity index is 1.99. The topological polar surface area (TPSA) is 0 Å². The van der Waals surface area contributed by atoms with Crippen LogP contribution in [-0.4, -0.2) is 0 Å². The average Bonchev–Trinajstić information content (AvgIpc) is 2.41. The highest BCUT2D eigenvalue weighted by atomic mass is 32.2. The molecule has 0 bridgehead atoms. The Kier molecular flexibility index (Phi) is 3.64. The first kappa shape index (κ1) is 15.6. The van der Waals surface area contributed by atoms with Gasteiger partial charge in [0.1, 0.15) is 0 Å². The molecule has 0 amide bonds. The standard InChI is InChI=1S/C14H6F6S2/c15-13(16,17)7-1-3-9-11(5-7)22-10-4-2-8(14(18,19)20)6-12(10)21-9/h1-6H. The number of hydrogen-bond acceptors (Lipinski definition) is 2. The Morgan fingerprint density at radius 3 is 1.23 bits per heavy atom. The number of hydrogen-bond donors (Lipinski definition) is 0. The predicted molar refractivity (Wildman–Crippen MR) is 71.1 cm³/mol. The maximum absolute atomic E-state index is 12.7. The Hall–Kier alpha value is -1.28. The van der Waals surface area contributed by atoms with Crippen molar-refractivity contribution in [2.24, 2.45) is 0 Å². The van der Waals surface area contributed by atoms with Gasteiger partial charge in [0.25, 0.3) is 0 Å². The monoisotopic (exact) mass is 352 g/mol. The van der Waals surface area contributed by atoms with Gasteiger partial charge in [-0.15, -0.1) is 0 Å². The summed E-state index contributed by atoms with van der Waals surface area (Å²) in [6.45, 7) is 0. The fourth-order valence-corrected chi connectivity index (χ4v) is 4.21. The second kappa shape index (κ2) is 5.13. The highest BCUT2D eigenvalue weighted by Crippen LogP contribution is 2.50. The summed E-state index contributed by atoms with van der Waals surface area (Å²) in [6.07, 6.45) is -8.89. The molecule has 0 saturated heterocycles. The van der Waals surface area contributed by atoms with Gasteiger partial charge in [-0.1, -0.05) is 23.5 Å². The van der Waals surface area contributed by atoms with Crippen molar-refractivity contribution in [3.8, 4) is 0 Å². The van der Waals surface area contributed by atoms with Gasteiger partial charge < -0.3 is 0 Å². The predicted octanol–water partition coefficient (Wildman–Crippen LogP) is 6.34. The maximum atomic E-state index is 12.7. The highest BCUT2D eigenvalue weighted by molar-refractivity contribution is 8.05. The number of benzene rings is 2. The summed E-state index contributed by atoms with van der Waals surface area (Å²) in [5.41, 5.74) is -1.54. The molecule has 0 saturated carbocycles. The van der Waals surface area contributed by atoms with Crippen molar-refractivity contribution >= 4 is 23.5 Å². The van der Waals surface area contributed by atoms with Crippen molar-refractivity contribution in [2.45, 2.75) is 31.9 Å². The smallest absolute Gasteiger partial charge is 0.166 e. The normalized spacial score (nSPS) is 14.5. The summed E-state index contributed by atoms with van der Waals surface area (Å²) in [5, 5.41) is 0. The van der Waals surface area contributed by atoms with Crippen molar-refractivity contribution in [3.63, 3.8) is 0 Å². The third kappa shape index (κ3) is 2.94. The molecule has 3 rings (SSSR count). The molecule has 0 atom stereocenters. The van der Waals surface area contributed by atoms with Crippen LogP contribution in [0, 0.1) is 0 Å². The van der Waals surface area contributed by atoms with Gasteiger partial charge in [0.2, 0.25) is 0 Å². The lowest BCUT2D eigenvalue weighted by molar-refractivity contribution is -0.138. The van der Waals surface area contributed by atoms with E-state index in [1.165, 1.54) is 12.1 Å². The van der Waals surface area contributed by atoms with Crippen molar-refractivity contribution < 1.29 is 26.3 Å². The molecule has 0 radical (unpaired) electrons. The number of rotatable bonds is 0. The third-order valence-electron chi connectivity index (χ3n) is 2.98. The minimum atomic E-state index is -4.44. The molecular weight excluding hydrogens is 346 g/mol. The van der Waals surface area contributed by atoms with E-state index in [1.807, 2.05) is 0 Å². The van der Waals surface area contributed by atoms with Gasteiger partial charge in [0, 0.05) is 19.6 Å². The zero-order chi connectivity index (χ0) is 16.1. The lowest BCUT2D eigenvalue weighted by atomic mass is 10.2. The summed E-state index contributed by atoms with van der Waals surface area (Å²) in [5.74, 6) is 0. The average molecular weight is 352 g/mol. The summed E-state index contributed by atoms with van der Waals surface area (Å²) in [6, 6.07) is 6.50. The molecule has 0 spiro atoms. The molecule has 1 aliphatic rings. The molecule has 2 aromatic carbocycles. The van der Waals surface area contributed by atoms with E-state index in [9.17, 15) is 26.3 Å². The largest absolute Gasteiger partial charge is 0.416 e. The minimum Gasteiger partial charge on any atom is -0.166 e. The van der Waals surface area contributed by atoms with Gasteiger partial charge in [-0.2, -0.15) is 26.3 Å². The van der Waals surface area contributed by atoms with E-state index >= 15 is 0 Å². The van der Waals surface area contributed by atoms with E-state index in [4.69, 9.17) is 0 Å².